The predicted octanol–water partition coefficient (Wildman–Crippen LogP) is 2.44. The summed E-state index contributed by atoms with van der Waals surface area (Å²) in [5.41, 5.74) is 0.409. The third kappa shape index (κ3) is 4.25. The molecule has 1 heterocycles. The van der Waals surface area contributed by atoms with Crippen LogP contribution in [0, 0.1) is 17.0 Å². The molecule has 0 spiro atoms. The lowest BCUT2D eigenvalue weighted by Crippen LogP contribution is -2.47. The van der Waals surface area contributed by atoms with Gasteiger partial charge in [0, 0.05) is 32.7 Å². The summed E-state index contributed by atoms with van der Waals surface area (Å²) >= 11 is 0. The van der Waals surface area contributed by atoms with Crippen LogP contribution in [0.25, 0.3) is 0 Å². The molecular formula is C15H22F2N2. The molecule has 1 N–H and O–H groups in total. The Morgan fingerprint density at radius 3 is 2.58 bits per heavy atom. The average Bonchev–Trinajstić information content (AvgIpc) is 2.34. The van der Waals surface area contributed by atoms with Gasteiger partial charge in [0.1, 0.15) is 11.6 Å². The Morgan fingerprint density at radius 2 is 1.89 bits per heavy atom. The number of hydrogen-bond donors (Lipinski definition) is 1. The summed E-state index contributed by atoms with van der Waals surface area (Å²) in [6.07, 6.45) is 0.556. The molecule has 1 aromatic carbocycles. The highest BCUT2D eigenvalue weighted by molar-refractivity contribution is 5.20. The van der Waals surface area contributed by atoms with Gasteiger partial charge in [0.2, 0.25) is 0 Å². The molecular weight excluding hydrogens is 246 g/mol. The Balaban J connectivity index is 2.00. The molecule has 1 aliphatic rings. The number of rotatable bonds is 4. The zero-order valence-corrected chi connectivity index (χ0v) is 11.7. The van der Waals surface area contributed by atoms with E-state index in [0.29, 0.717) is 12.0 Å². The topological polar surface area (TPSA) is 15.3 Å². The first-order chi connectivity index (χ1) is 8.96. The molecule has 0 amide bonds. The minimum Gasteiger partial charge on any atom is -0.314 e. The third-order valence-corrected chi connectivity index (χ3v) is 3.54. The normalized spacial score (nSPS) is 17.7. The first-order valence-electron chi connectivity index (χ1n) is 6.83. The number of hydrogen-bond acceptors (Lipinski definition) is 2. The molecule has 2 nitrogen and oxygen atoms in total. The van der Waals surface area contributed by atoms with Crippen molar-refractivity contribution in [3.05, 3.63) is 35.4 Å². The molecule has 1 saturated heterocycles. The van der Waals surface area contributed by atoms with Gasteiger partial charge in [0.25, 0.3) is 0 Å². The second-order valence-electron chi connectivity index (χ2n) is 6.10. The van der Waals surface area contributed by atoms with E-state index >= 15 is 0 Å². The average molecular weight is 268 g/mol. The summed E-state index contributed by atoms with van der Waals surface area (Å²) < 4.78 is 26.9. The number of piperazine rings is 1. The zero-order valence-electron chi connectivity index (χ0n) is 11.7. The second kappa shape index (κ2) is 5.97. The van der Waals surface area contributed by atoms with Gasteiger partial charge in [-0.15, -0.1) is 0 Å². The predicted molar refractivity (Wildman–Crippen MR) is 73.2 cm³/mol. The van der Waals surface area contributed by atoms with Gasteiger partial charge in [-0.2, -0.15) is 0 Å². The fraction of sp³-hybridized carbons (Fsp3) is 0.600. The molecule has 4 heteroatoms. The van der Waals surface area contributed by atoms with E-state index in [9.17, 15) is 8.78 Å². The van der Waals surface area contributed by atoms with E-state index in [-0.39, 0.29) is 17.0 Å². The monoisotopic (exact) mass is 268 g/mol. The molecule has 0 unspecified atom stereocenters. The summed E-state index contributed by atoms with van der Waals surface area (Å²) in [6, 6.07) is 3.70. The standard InChI is InChI=1S/C15H22F2N2/c1-15(2,11-19-7-5-18-6-8-19)10-12-9-13(16)3-4-14(12)17/h3-4,9,18H,5-8,10-11H2,1-2H3. The van der Waals surface area contributed by atoms with E-state index in [4.69, 9.17) is 0 Å². The molecule has 0 atom stereocenters. The lowest BCUT2D eigenvalue weighted by Gasteiger charge is -2.35. The van der Waals surface area contributed by atoms with Crippen molar-refractivity contribution in [1.29, 1.82) is 0 Å². The van der Waals surface area contributed by atoms with E-state index in [2.05, 4.69) is 24.1 Å². The van der Waals surface area contributed by atoms with Gasteiger partial charge in [0.15, 0.2) is 0 Å². The fourth-order valence-electron chi connectivity index (χ4n) is 2.72. The van der Waals surface area contributed by atoms with Crippen LogP contribution in [0.3, 0.4) is 0 Å². The summed E-state index contributed by atoms with van der Waals surface area (Å²) in [6.45, 7) is 9.18. The van der Waals surface area contributed by atoms with Gasteiger partial charge in [-0.25, -0.2) is 8.78 Å². The molecule has 0 saturated carbocycles. The van der Waals surface area contributed by atoms with Crippen molar-refractivity contribution in [2.24, 2.45) is 5.41 Å². The van der Waals surface area contributed by atoms with Crippen LogP contribution in [-0.4, -0.2) is 37.6 Å². The quantitative estimate of drug-likeness (QED) is 0.902. The van der Waals surface area contributed by atoms with Gasteiger partial charge in [-0.3, -0.25) is 0 Å². The lowest BCUT2D eigenvalue weighted by atomic mass is 9.84. The smallest absolute Gasteiger partial charge is 0.126 e. The van der Waals surface area contributed by atoms with E-state index in [1.165, 1.54) is 18.2 Å². The Morgan fingerprint density at radius 1 is 1.21 bits per heavy atom. The molecule has 1 aromatic rings. The van der Waals surface area contributed by atoms with Crippen molar-refractivity contribution in [3.63, 3.8) is 0 Å². The van der Waals surface area contributed by atoms with Crippen molar-refractivity contribution in [3.8, 4) is 0 Å². The second-order valence-corrected chi connectivity index (χ2v) is 6.10. The van der Waals surface area contributed by atoms with Crippen molar-refractivity contribution < 1.29 is 8.78 Å². The minimum atomic E-state index is -0.366. The Hall–Kier alpha value is -1.00. The maximum absolute atomic E-state index is 13.7. The number of benzene rings is 1. The summed E-state index contributed by atoms with van der Waals surface area (Å²) in [7, 11) is 0. The molecule has 106 valence electrons. The van der Waals surface area contributed by atoms with Gasteiger partial charge in [-0.1, -0.05) is 13.8 Å². The van der Waals surface area contributed by atoms with Crippen molar-refractivity contribution in [1.82, 2.24) is 10.2 Å². The van der Waals surface area contributed by atoms with Crippen molar-refractivity contribution in [2.75, 3.05) is 32.7 Å². The summed E-state index contributed by atoms with van der Waals surface area (Å²) in [5.74, 6) is -0.677. The first-order valence-corrected chi connectivity index (χ1v) is 6.83. The van der Waals surface area contributed by atoms with E-state index in [1.807, 2.05) is 0 Å². The van der Waals surface area contributed by atoms with Crippen LogP contribution in [-0.2, 0) is 6.42 Å². The SMILES string of the molecule is CC(C)(Cc1cc(F)ccc1F)CN1CCNCC1. The molecule has 1 aliphatic heterocycles. The Kier molecular flexibility index (Phi) is 4.53. The highest BCUT2D eigenvalue weighted by Gasteiger charge is 2.24. The maximum Gasteiger partial charge on any atom is 0.126 e. The van der Waals surface area contributed by atoms with Crippen LogP contribution in [0.15, 0.2) is 18.2 Å². The lowest BCUT2D eigenvalue weighted by molar-refractivity contribution is 0.159. The number of halogens is 2. The van der Waals surface area contributed by atoms with Crippen molar-refractivity contribution >= 4 is 0 Å². The molecule has 2 rings (SSSR count). The Bertz CT molecular complexity index is 426. The Labute approximate surface area is 113 Å². The maximum atomic E-state index is 13.7. The molecule has 1 fully saturated rings. The fourth-order valence-corrected chi connectivity index (χ4v) is 2.72. The van der Waals surface area contributed by atoms with E-state index < -0.39 is 0 Å². The van der Waals surface area contributed by atoms with Gasteiger partial charge >= 0.3 is 0 Å². The van der Waals surface area contributed by atoms with Gasteiger partial charge in [0.05, 0.1) is 0 Å². The van der Waals surface area contributed by atoms with Gasteiger partial charge in [-0.05, 0) is 35.6 Å². The molecule has 0 aliphatic carbocycles. The van der Waals surface area contributed by atoms with Crippen molar-refractivity contribution in [2.45, 2.75) is 20.3 Å². The van der Waals surface area contributed by atoms with Crippen LogP contribution in [0.1, 0.15) is 19.4 Å². The van der Waals surface area contributed by atoms with E-state index in [1.54, 1.807) is 0 Å². The third-order valence-electron chi connectivity index (χ3n) is 3.54. The van der Waals surface area contributed by atoms with Crippen LogP contribution in [0.5, 0.6) is 0 Å². The van der Waals surface area contributed by atoms with Crippen LogP contribution < -0.4 is 5.32 Å². The molecule has 19 heavy (non-hydrogen) atoms. The van der Waals surface area contributed by atoms with Gasteiger partial charge < -0.3 is 10.2 Å². The first kappa shape index (κ1) is 14.4. The largest absolute Gasteiger partial charge is 0.314 e. The molecule has 0 radical (unpaired) electrons. The molecule has 0 bridgehead atoms. The number of nitrogens with zero attached hydrogens (tertiary/aromatic N) is 1. The van der Waals surface area contributed by atoms with E-state index in [0.717, 1.165) is 32.7 Å². The van der Waals surface area contributed by atoms with Crippen LogP contribution in [0.4, 0.5) is 8.78 Å². The van der Waals surface area contributed by atoms with Crippen LogP contribution >= 0.6 is 0 Å². The number of nitrogens with one attached hydrogen (secondary N) is 1. The highest BCUT2D eigenvalue weighted by Crippen LogP contribution is 2.25. The summed E-state index contributed by atoms with van der Waals surface area (Å²) in [5, 5.41) is 3.32. The minimum absolute atomic E-state index is 0.0635. The highest BCUT2D eigenvalue weighted by atomic mass is 19.1. The zero-order chi connectivity index (χ0) is 13.9. The molecule has 0 aromatic heterocycles. The van der Waals surface area contributed by atoms with Crippen LogP contribution in [0.2, 0.25) is 0 Å². The summed E-state index contributed by atoms with van der Waals surface area (Å²) in [4.78, 5) is 2.38.